The number of amides is 1. The van der Waals surface area contributed by atoms with Gasteiger partial charge in [-0.2, -0.15) is 0 Å². The number of anilines is 1. The summed E-state index contributed by atoms with van der Waals surface area (Å²) in [6.07, 6.45) is 26.2. The topological polar surface area (TPSA) is 68.1 Å². The minimum Gasteiger partial charge on any atom is -0.305 e. The largest absolute Gasteiger partial charge is 2.00 e. The van der Waals surface area contributed by atoms with Crippen LogP contribution in [0.4, 0.5) is 5.69 Å². The number of unbranched alkanes of at least 4 members (excludes halogenated alkanes) is 5. The number of hydrogen-bond donors (Lipinski definition) is 0. The monoisotopic (exact) mass is 546 g/mol. The summed E-state index contributed by atoms with van der Waals surface area (Å²) in [5.74, 6) is -0.632. The molecule has 1 amide bonds. The molecule has 36 heavy (non-hydrogen) atoms. The third-order valence-corrected chi connectivity index (χ3v) is 6.49. The predicted octanol–water partition coefficient (Wildman–Crippen LogP) is 6.21. The average molecular weight is 547 g/mol. The number of carbonyl (C=O) groups excluding carboxylic acids is 2. The molecule has 0 saturated heterocycles. The summed E-state index contributed by atoms with van der Waals surface area (Å²) in [4.78, 5) is 25.9. The number of halogens is 1. The van der Waals surface area contributed by atoms with Crippen LogP contribution in [0.15, 0.2) is 73.0 Å². The number of ketones is 1. The number of fused-ring (bicyclic) bond motifs is 1. The van der Waals surface area contributed by atoms with Crippen LogP contribution in [0.3, 0.4) is 0 Å². The molecule has 188 valence electrons. The Morgan fingerprint density at radius 2 is 1.56 bits per heavy atom. The van der Waals surface area contributed by atoms with Crippen molar-refractivity contribution in [2.75, 3.05) is 11.4 Å². The summed E-state index contributed by atoms with van der Waals surface area (Å²) in [7, 11) is 0. The van der Waals surface area contributed by atoms with Crippen molar-refractivity contribution in [2.24, 2.45) is 0 Å². The van der Waals surface area contributed by atoms with E-state index in [9.17, 15) is 9.59 Å². The molecule has 0 spiro atoms. The maximum Gasteiger partial charge on any atom is 2.00 e. The summed E-state index contributed by atoms with van der Waals surface area (Å²) in [6, 6.07) is 5.06. The molecule has 2 aromatic rings. The molecule has 1 aromatic carbocycles. The molecule has 0 bridgehead atoms. The van der Waals surface area contributed by atoms with Gasteiger partial charge >= 0.3 is 17.1 Å². The normalized spacial score (nSPS) is 15.4. The van der Waals surface area contributed by atoms with E-state index in [1.807, 2.05) is 23.0 Å². The first-order valence-electron chi connectivity index (χ1n) is 12.4. The number of nitrogens with zero attached hydrogens (tertiary/aromatic N) is 4. The second-order valence-corrected chi connectivity index (χ2v) is 9.30. The van der Waals surface area contributed by atoms with E-state index in [0.717, 1.165) is 57.2 Å². The Balaban J connectivity index is 0.000000538. The van der Waals surface area contributed by atoms with Crippen molar-refractivity contribution in [3.05, 3.63) is 89.3 Å². The van der Waals surface area contributed by atoms with Gasteiger partial charge in [0.2, 0.25) is 0 Å². The Labute approximate surface area is 228 Å². The molecule has 5 rings (SSSR count). The van der Waals surface area contributed by atoms with Crippen molar-refractivity contribution in [1.82, 2.24) is 15.0 Å². The Morgan fingerprint density at radius 1 is 0.889 bits per heavy atom. The molecule has 0 unspecified atom stereocenters. The summed E-state index contributed by atoms with van der Waals surface area (Å²) in [6.45, 7) is 1.46. The third kappa shape index (κ3) is 7.39. The van der Waals surface area contributed by atoms with E-state index in [1.54, 1.807) is 23.1 Å². The Morgan fingerprint density at radius 3 is 2.22 bits per heavy atom. The van der Waals surface area contributed by atoms with Gasteiger partial charge in [0.25, 0.3) is 11.7 Å². The summed E-state index contributed by atoms with van der Waals surface area (Å²) < 4.78 is 1.93. The van der Waals surface area contributed by atoms with Gasteiger partial charge in [-0.05, 0) is 37.5 Å². The molecule has 0 atom stereocenters. The fourth-order valence-corrected chi connectivity index (χ4v) is 4.51. The molecular weight excluding hydrogens is 516 g/mol. The number of rotatable bonds is 10. The molecule has 0 radical (unpaired) electrons. The van der Waals surface area contributed by atoms with Crippen LogP contribution in [-0.2, 0) is 28.4 Å². The molecule has 8 heteroatoms. The van der Waals surface area contributed by atoms with Gasteiger partial charge < -0.3 is 4.90 Å². The maximum atomic E-state index is 12.2. The van der Waals surface area contributed by atoms with Gasteiger partial charge in [0.15, 0.2) is 0 Å². The predicted molar refractivity (Wildman–Crippen MR) is 140 cm³/mol. The van der Waals surface area contributed by atoms with Crippen molar-refractivity contribution >= 4 is 29.0 Å². The molecular formula is C28H31ClFeN4O2+2. The fraction of sp³-hybridized carbons (Fsp3) is 0.357. The zero-order valence-corrected chi connectivity index (χ0v) is 22.1. The van der Waals surface area contributed by atoms with Crippen LogP contribution < -0.4 is 4.90 Å². The number of benzene rings is 1. The number of aromatic nitrogens is 3. The van der Waals surface area contributed by atoms with Gasteiger partial charge in [0.05, 0.1) is 16.9 Å². The molecule has 0 saturated carbocycles. The molecule has 6 nitrogen and oxygen atoms in total. The first kappa shape index (κ1) is 27.9. The standard InChI is InChI=1S/C23H25ClN4O2.C5H6.Fe/c24-18-11-12-21-19(15-18)22(29)23(30)28(21)14-8-4-2-1-3-7-13-27-16-20(25-26-27)17-9-5-6-10-17;1-2-4-5-3-1;/h5-6,9-12,15-17H,1-4,7-8,13-14H2;1-4H,5H2;/q;;+2. The molecule has 0 fully saturated rings. The smallest absolute Gasteiger partial charge is 0.305 e. The fourth-order valence-electron chi connectivity index (χ4n) is 4.34. The van der Waals surface area contributed by atoms with Gasteiger partial charge in [-0.1, -0.05) is 91.1 Å². The zero-order chi connectivity index (χ0) is 24.5. The third-order valence-electron chi connectivity index (χ3n) is 6.25. The summed E-state index contributed by atoms with van der Waals surface area (Å²) >= 11 is 5.94. The molecule has 3 aliphatic rings. The number of Topliss-reactive ketones (excluding diaryl/α,β-unsaturated/α-hetero) is 1. The van der Waals surface area contributed by atoms with Gasteiger partial charge in [0.1, 0.15) is 0 Å². The quantitative estimate of drug-likeness (QED) is 0.202. The van der Waals surface area contributed by atoms with Crippen molar-refractivity contribution in [1.29, 1.82) is 0 Å². The van der Waals surface area contributed by atoms with Crippen molar-refractivity contribution in [2.45, 2.75) is 57.4 Å². The molecule has 1 aliphatic heterocycles. The van der Waals surface area contributed by atoms with Crippen LogP contribution in [0.5, 0.6) is 0 Å². The Kier molecular flexibility index (Phi) is 10.9. The minimum absolute atomic E-state index is 0. The van der Waals surface area contributed by atoms with E-state index >= 15 is 0 Å². The summed E-state index contributed by atoms with van der Waals surface area (Å²) in [5, 5.41) is 8.95. The van der Waals surface area contributed by atoms with E-state index < -0.39 is 11.7 Å². The average Bonchev–Trinajstić information content (AvgIpc) is 3.67. The Bertz CT molecular complexity index is 1150. The van der Waals surface area contributed by atoms with Crippen molar-refractivity contribution in [3.63, 3.8) is 0 Å². The molecule has 1 aromatic heterocycles. The van der Waals surface area contributed by atoms with Crippen LogP contribution in [0.2, 0.25) is 5.02 Å². The van der Waals surface area contributed by atoms with Gasteiger partial charge in [-0.15, -0.1) is 5.10 Å². The molecule has 2 aliphatic carbocycles. The number of allylic oxidation sites excluding steroid dienone is 8. The van der Waals surface area contributed by atoms with Crippen LogP contribution in [0.25, 0.3) is 0 Å². The van der Waals surface area contributed by atoms with Gasteiger partial charge in [-0.25, -0.2) is 0 Å². The minimum atomic E-state index is -0.455. The van der Waals surface area contributed by atoms with E-state index in [0.29, 0.717) is 22.8 Å². The van der Waals surface area contributed by atoms with Crippen LogP contribution >= 0.6 is 11.6 Å². The van der Waals surface area contributed by atoms with E-state index in [2.05, 4.69) is 46.8 Å². The van der Waals surface area contributed by atoms with Gasteiger partial charge in [0, 0.05) is 30.2 Å². The van der Waals surface area contributed by atoms with E-state index in [1.165, 1.54) is 0 Å². The van der Waals surface area contributed by atoms with Gasteiger partial charge in [-0.3, -0.25) is 14.3 Å². The van der Waals surface area contributed by atoms with Crippen LogP contribution in [0, 0.1) is 0 Å². The number of carbonyl (C=O) groups is 2. The molecule has 2 heterocycles. The first-order valence-corrected chi connectivity index (χ1v) is 12.7. The van der Waals surface area contributed by atoms with Crippen molar-refractivity contribution < 1.29 is 26.7 Å². The van der Waals surface area contributed by atoms with E-state index in [4.69, 9.17) is 11.6 Å². The second-order valence-electron chi connectivity index (χ2n) is 8.86. The zero-order valence-electron chi connectivity index (χ0n) is 20.2. The SMILES string of the molecule is C1=CCC=C1.O=C1C(=O)N(CCCCCCCCn2cc(C3C=CC=C3)nn2)c2ccc(Cl)cc21.[Fe+2]. The summed E-state index contributed by atoms with van der Waals surface area (Å²) in [5.41, 5.74) is 2.10. The van der Waals surface area contributed by atoms with E-state index in [-0.39, 0.29) is 23.0 Å². The van der Waals surface area contributed by atoms with Crippen molar-refractivity contribution in [3.8, 4) is 0 Å². The number of hydrogen-bond acceptors (Lipinski definition) is 4. The Hall–Kier alpha value is -2.73. The second kappa shape index (κ2) is 14.1. The molecule has 0 N–H and O–H groups in total. The van der Waals surface area contributed by atoms with Crippen LogP contribution in [0.1, 0.15) is 66.9 Å². The first-order chi connectivity index (χ1) is 17.1. The van der Waals surface area contributed by atoms with Crippen LogP contribution in [-0.4, -0.2) is 33.2 Å². The number of aryl methyl sites for hydroxylation is 1. The maximum absolute atomic E-state index is 12.2.